The topological polar surface area (TPSA) is 35.2 Å². The Bertz CT molecular complexity index is 567. The molecule has 20 heavy (non-hydrogen) atoms. The van der Waals surface area contributed by atoms with Gasteiger partial charge in [0.15, 0.2) is 0 Å². The van der Waals surface area contributed by atoms with E-state index in [9.17, 15) is 0 Å². The molecule has 2 nitrogen and oxygen atoms in total. The maximum atomic E-state index is 5.73. The van der Waals surface area contributed by atoms with Crippen LogP contribution in [0.3, 0.4) is 0 Å². The number of methoxy groups -OCH3 is 1. The number of rotatable bonds is 4. The molecule has 0 bridgehead atoms. The van der Waals surface area contributed by atoms with Gasteiger partial charge in [0.1, 0.15) is 5.75 Å². The van der Waals surface area contributed by atoms with Crippen molar-refractivity contribution >= 4 is 12.4 Å². The Labute approximate surface area is 127 Å². The summed E-state index contributed by atoms with van der Waals surface area (Å²) < 4.78 is 5.46. The van der Waals surface area contributed by atoms with E-state index in [1.165, 1.54) is 11.1 Å². The van der Waals surface area contributed by atoms with Crippen LogP contribution in [0.1, 0.15) is 30.9 Å². The predicted octanol–water partition coefficient (Wildman–Crippen LogP) is 4.37. The van der Waals surface area contributed by atoms with Crippen molar-refractivity contribution in [3.63, 3.8) is 0 Å². The molecule has 2 N–H and O–H groups in total. The normalized spacial score (nSPS) is 10.2. The molecule has 0 heterocycles. The zero-order valence-electron chi connectivity index (χ0n) is 12.2. The van der Waals surface area contributed by atoms with Gasteiger partial charge in [0, 0.05) is 12.1 Å². The predicted molar refractivity (Wildman–Crippen MR) is 87.7 cm³/mol. The minimum Gasteiger partial charge on any atom is -0.496 e. The van der Waals surface area contributed by atoms with Crippen LogP contribution in [0.5, 0.6) is 5.75 Å². The number of nitrogens with two attached hydrogens (primary N) is 1. The molecule has 108 valence electrons. The fourth-order valence-corrected chi connectivity index (χ4v) is 2.17. The van der Waals surface area contributed by atoms with Crippen molar-refractivity contribution in [2.24, 2.45) is 5.73 Å². The molecule has 3 heteroatoms. The van der Waals surface area contributed by atoms with Crippen LogP contribution in [-0.2, 0) is 6.54 Å². The van der Waals surface area contributed by atoms with Gasteiger partial charge < -0.3 is 10.5 Å². The summed E-state index contributed by atoms with van der Waals surface area (Å²) in [5.41, 5.74) is 10.5. The third-order valence-corrected chi connectivity index (χ3v) is 3.36. The van der Waals surface area contributed by atoms with E-state index in [0.29, 0.717) is 12.5 Å². The first kappa shape index (κ1) is 16.5. The third-order valence-electron chi connectivity index (χ3n) is 3.36. The molecule has 0 aliphatic rings. The standard InChI is InChI=1S/C17H21NO.ClH/c1-12(2)14-5-4-6-15(10-14)16-9-13(11-18)7-8-17(16)19-3;/h4-10,12H,11,18H2,1-3H3;1H. The number of hydrogen-bond acceptors (Lipinski definition) is 2. The number of hydrogen-bond donors (Lipinski definition) is 1. The summed E-state index contributed by atoms with van der Waals surface area (Å²) in [5, 5.41) is 0. The van der Waals surface area contributed by atoms with Crippen LogP contribution in [0.2, 0.25) is 0 Å². The Morgan fingerprint density at radius 3 is 2.45 bits per heavy atom. The third kappa shape index (κ3) is 3.53. The second-order valence-corrected chi connectivity index (χ2v) is 5.02. The average Bonchev–Trinajstić information content (AvgIpc) is 2.46. The van der Waals surface area contributed by atoms with Crippen molar-refractivity contribution in [2.45, 2.75) is 26.3 Å². The van der Waals surface area contributed by atoms with Crippen molar-refractivity contribution in [1.29, 1.82) is 0 Å². The minimum absolute atomic E-state index is 0. The van der Waals surface area contributed by atoms with Crippen LogP contribution in [0.4, 0.5) is 0 Å². The highest BCUT2D eigenvalue weighted by atomic mass is 35.5. The molecule has 0 aromatic heterocycles. The van der Waals surface area contributed by atoms with E-state index in [-0.39, 0.29) is 12.4 Å². The monoisotopic (exact) mass is 291 g/mol. The summed E-state index contributed by atoms with van der Waals surface area (Å²) in [7, 11) is 1.70. The smallest absolute Gasteiger partial charge is 0.126 e. The van der Waals surface area contributed by atoms with E-state index in [1.54, 1.807) is 7.11 Å². The van der Waals surface area contributed by atoms with E-state index in [4.69, 9.17) is 10.5 Å². The van der Waals surface area contributed by atoms with Gasteiger partial charge in [-0.2, -0.15) is 0 Å². The Morgan fingerprint density at radius 1 is 1.10 bits per heavy atom. The van der Waals surface area contributed by atoms with Crippen LogP contribution < -0.4 is 10.5 Å². The first-order valence-corrected chi connectivity index (χ1v) is 6.63. The molecule has 0 saturated carbocycles. The lowest BCUT2D eigenvalue weighted by molar-refractivity contribution is 0.416. The summed E-state index contributed by atoms with van der Waals surface area (Å²) in [6, 6.07) is 14.7. The summed E-state index contributed by atoms with van der Waals surface area (Å²) in [4.78, 5) is 0. The van der Waals surface area contributed by atoms with Crippen LogP contribution in [0, 0.1) is 0 Å². The van der Waals surface area contributed by atoms with Crippen molar-refractivity contribution in [2.75, 3.05) is 7.11 Å². The lowest BCUT2D eigenvalue weighted by Crippen LogP contribution is -1.98. The molecule has 0 saturated heterocycles. The Balaban J connectivity index is 0.00000200. The van der Waals surface area contributed by atoms with Gasteiger partial charge >= 0.3 is 0 Å². The van der Waals surface area contributed by atoms with E-state index >= 15 is 0 Å². The van der Waals surface area contributed by atoms with Crippen molar-refractivity contribution in [3.8, 4) is 16.9 Å². The highest BCUT2D eigenvalue weighted by Gasteiger charge is 2.08. The molecule has 0 fully saturated rings. The molecule has 2 rings (SSSR count). The molecule has 2 aromatic carbocycles. The van der Waals surface area contributed by atoms with E-state index in [2.05, 4.69) is 44.2 Å². The van der Waals surface area contributed by atoms with E-state index in [0.717, 1.165) is 16.9 Å². The zero-order chi connectivity index (χ0) is 13.8. The number of ether oxygens (including phenoxy) is 1. The Kier molecular flexibility index (Phi) is 6.05. The van der Waals surface area contributed by atoms with Gasteiger partial charge in [-0.25, -0.2) is 0 Å². The lowest BCUT2D eigenvalue weighted by atomic mass is 9.96. The molecular formula is C17H22ClNO. The zero-order valence-corrected chi connectivity index (χ0v) is 13.0. The fourth-order valence-electron chi connectivity index (χ4n) is 2.17. The van der Waals surface area contributed by atoms with Gasteiger partial charge in [-0.15, -0.1) is 12.4 Å². The molecule has 0 aliphatic heterocycles. The maximum Gasteiger partial charge on any atom is 0.126 e. The van der Waals surface area contributed by atoms with Gasteiger partial charge in [-0.05, 0) is 34.7 Å². The Hall–Kier alpha value is -1.51. The highest BCUT2D eigenvalue weighted by molar-refractivity contribution is 5.85. The average molecular weight is 292 g/mol. The van der Waals surface area contributed by atoms with Crippen molar-refractivity contribution in [1.82, 2.24) is 0 Å². The maximum absolute atomic E-state index is 5.73. The summed E-state index contributed by atoms with van der Waals surface area (Å²) in [6.45, 7) is 4.94. The van der Waals surface area contributed by atoms with Crippen LogP contribution in [0.25, 0.3) is 11.1 Å². The molecule has 2 aromatic rings. The van der Waals surface area contributed by atoms with Crippen LogP contribution in [0.15, 0.2) is 42.5 Å². The van der Waals surface area contributed by atoms with Gasteiger partial charge in [-0.1, -0.05) is 44.2 Å². The quantitative estimate of drug-likeness (QED) is 0.908. The van der Waals surface area contributed by atoms with Gasteiger partial charge in [0.05, 0.1) is 7.11 Å². The highest BCUT2D eigenvalue weighted by Crippen LogP contribution is 2.32. The van der Waals surface area contributed by atoms with Gasteiger partial charge in [0.2, 0.25) is 0 Å². The van der Waals surface area contributed by atoms with Gasteiger partial charge in [0.25, 0.3) is 0 Å². The lowest BCUT2D eigenvalue weighted by Gasteiger charge is -2.13. The number of halogens is 1. The molecular weight excluding hydrogens is 270 g/mol. The van der Waals surface area contributed by atoms with E-state index in [1.807, 2.05) is 12.1 Å². The molecule has 0 spiro atoms. The summed E-state index contributed by atoms with van der Waals surface area (Å²) in [6.07, 6.45) is 0. The van der Waals surface area contributed by atoms with Crippen LogP contribution in [-0.4, -0.2) is 7.11 Å². The second-order valence-electron chi connectivity index (χ2n) is 5.02. The fraction of sp³-hybridized carbons (Fsp3) is 0.294. The van der Waals surface area contributed by atoms with Crippen LogP contribution >= 0.6 is 12.4 Å². The first-order valence-electron chi connectivity index (χ1n) is 6.63. The van der Waals surface area contributed by atoms with Gasteiger partial charge in [-0.3, -0.25) is 0 Å². The first-order chi connectivity index (χ1) is 9.15. The molecule has 0 unspecified atom stereocenters. The Morgan fingerprint density at radius 2 is 1.85 bits per heavy atom. The number of benzene rings is 2. The molecule has 0 aliphatic carbocycles. The second kappa shape index (κ2) is 7.32. The largest absolute Gasteiger partial charge is 0.496 e. The van der Waals surface area contributed by atoms with E-state index < -0.39 is 0 Å². The molecule has 0 atom stereocenters. The summed E-state index contributed by atoms with van der Waals surface area (Å²) in [5.74, 6) is 1.40. The minimum atomic E-state index is 0. The van der Waals surface area contributed by atoms with Crippen molar-refractivity contribution < 1.29 is 4.74 Å². The van der Waals surface area contributed by atoms with Crippen molar-refractivity contribution in [3.05, 3.63) is 53.6 Å². The molecule has 0 radical (unpaired) electrons. The summed E-state index contributed by atoms with van der Waals surface area (Å²) >= 11 is 0. The SMILES string of the molecule is COc1ccc(CN)cc1-c1cccc(C(C)C)c1.Cl. The molecule has 0 amide bonds.